The van der Waals surface area contributed by atoms with Gasteiger partial charge in [0.1, 0.15) is 5.75 Å². The number of aromatic nitrogens is 2. The first-order chi connectivity index (χ1) is 13.2. The highest BCUT2D eigenvalue weighted by Crippen LogP contribution is 2.26. The third-order valence-electron chi connectivity index (χ3n) is 4.94. The van der Waals surface area contributed by atoms with Crippen LogP contribution in [-0.4, -0.2) is 41.3 Å². The standard InChI is InChI=1S/C20H26N4O3/c1-27-16-9-7-15(8-10-16)19(25)23-18-6-2-5-17(18)20(26)21-11-3-13-24-14-4-12-22-24/h4,7-10,12,14,17-18H,2-3,5-6,11,13H2,1H3,(H,21,26)(H,23,25)/t17-,18+/m0/s1. The van der Waals surface area contributed by atoms with Crippen molar-refractivity contribution in [2.75, 3.05) is 13.7 Å². The van der Waals surface area contributed by atoms with E-state index in [0.717, 1.165) is 32.2 Å². The molecule has 7 nitrogen and oxygen atoms in total. The monoisotopic (exact) mass is 370 g/mol. The van der Waals surface area contributed by atoms with Crippen LogP contribution in [0.1, 0.15) is 36.0 Å². The molecule has 1 aliphatic rings. The molecule has 144 valence electrons. The molecule has 0 saturated heterocycles. The number of carbonyl (C=O) groups is 2. The summed E-state index contributed by atoms with van der Waals surface area (Å²) in [7, 11) is 1.59. The molecule has 2 N–H and O–H groups in total. The Morgan fingerprint density at radius 3 is 2.78 bits per heavy atom. The minimum Gasteiger partial charge on any atom is -0.497 e. The van der Waals surface area contributed by atoms with Crippen molar-refractivity contribution in [3.63, 3.8) is 0 Å². The van der Waals surface area contributed by atoms with Crippen molar-refractivity contribution < 1.29 is 14.3 Å². The second-order valence-corrected chi connectivity index (χ2v) is 6.76. The summed E-state index contributed by atoms with van der Waals surface area (Å²) in [5.74, 6) is 0.408. The van der Waals surface area contributed by atoms with Gasteiger partial charge in [0.2, 0.25) is 5.91 Å². The summed E-state index contributed by atoms with van der Waals surface area (Å²) in [6, 6.07) is 8.74. The second-order valence-electron chi connectivity index (χ2n) is 6.76. The average Bonchev–Trinajstić information content (AvgIpc) is 3.37. The van der Waals surface area contributed by atoms with Crippen LogP contribution in [0, 0.1) is 5.92 Å². The van der Waals surface area contributed by atoms with Crippen molar-refractivity contribution in [1.29, 1.82) is 0 Å². The van der Waals surface area contributed by atoms with Crippen LogP contribution in [-0.2, 0) is 11.3 Å². The summed E-state index contributed by atoms with van der Waals surface area (Å²) >= 11 is 0. The van der Waals surface area contributed by atoms with Gasteiger partial charge in [-0.15, -0.1) is 0 Å². The Kier molecular flexibility index (Phi) is 6.46. The molecular formula is C20H26N4O3. The summed E-state index contributed by atoms with van der Waals surface area (Å²) in [6.45, 7) is 1.38. The van der Waals surface area contributed by atoms with Gasteiger partial charge in [0, 0.05) is 37.1 Å². The van der Waals surface area contributed by atoms with E-state index in [1.165, 1.54) is 0 Å². The summed E-state index contributed by atoms with van der Waals surface area (Å²) in [6.07, 6.45) is 7.05. The molecular weight excluding hydrogens is 344 g/mol. The largest absolute Gasteiger partial charge is 0.497 e. The van der Waals surface area contributed by atoms with Crippen molar-refractivity contribution in [3.05, 3.63) is 48.3 Å². The quantitative estimate of drug-likeness (QED) is 0.696. The molecule has 1 aliphatic carbocycles. The maximum absolute atomic E-state index is 12.5. The minimum atomic E-state index is -0.170. The number of carbonyl (C=O) groups excluding carboxylic acids is 2. The molecule has 1 saturated carbocycles. The maximum Gasteiger partial charge on any atom is 0.251 e. The van der Waals surface area contributed by atoms with Gasteiger partial charge in [0.15, 0.2) is 0 Å². The number of methoxy groups -OCH3 is 1. The van der Waals surface area contributed by atoms with Crippen molar-refractivity contribution in [1.82, 2.24) is 20.4 Å². The number of amides is 2. The lowest BCUT2D eigenvalue weighted by Crippen LogP contribution is -2.44. The third-order valence-corrected chi connectivity index (χ3v) is 4.94. The number of nitrogens with one attached hydrogen (secondary N) is 2. The molecule has 1 fully saturated rings. The van der Waals surface area contributed by atoms with Crippen LogP contribution in [0.5, 0.6) is 5.75 Å². The Bertz CT molecular complexity index is 743. The third kappa shape index (κ3) is 5.09. The van der Waals surface area contributed by atoms with Gasteiger partial charge >= 0.3 is 0 Å². The molecule has 0 aliphatic heterocycles. The van der Waals surface area contributed by atoms with E-state index >= 15 is 0 Å². The molecule has 3 rings (SSSR count). The summed E-state index contributed by atoms with van der Waals surface area (Å²) in [5.41, 5.74) is 0.570. The van der Waals surface area contributed by atoms with E-state index in [1.54, 1.807) is 37.6 Å². The van der Waals surface area contributed by atoms with E-state index in [1.807, 2.05) is 16.9 Å². The van der Waals surface area contributed by atoms with Gasteiger partial charge in [-0.1, -0.05) is 6.42 Å². The zero-order valence-electron chi connectivity index (χ0n) is 15.6. The lowest BCUT2D eigenvalue weighted by Gasteiger charge is -2.20. The molecule has 0 bridgehead atoms. The topological polar surface area (TPSA) is 85.2 Å². The van der Waals surface area contributed by atoms with Crippen LogP contribution in [0.3, 0.4) is 0 Å². The summed E-state index contributed by atoms with van der Waals surface area (Å²) in [5, 5.41) is 10.2. The maximum atomic E-state index is 12.5. The van der Waals surface area contributed by atoms with Crippen LogP contribution in [0.15, 0.2) is 42.7 Å². The molecule has 0 unspecified atom stereocenters. The first-order valence-electron chi connectivity index (χ1n) is 9.37. The van der Waals surface area contributed by atoms with Crippen molar-refractivity contribution >= 4 is 11.8 Å². The van der Waals surface area contributed by atoms with Gasteiger partial charge in [-0.25, -0.2) is 0 Å². The van der Waals surface area contributed by atoms with Crippen LogP contribution < -0.4 is 15.4 Å². The zero-order valence-corrected chi connectivity index (χ0v) is 15.6. The van der Waals surface area contributed by atoms with Gasteiger partial charge in [0.05, 0.1) is 13.0 Å². The predicted octanol–water partition coefficient (Wildman–Crippen LogP) is 2.00. The molecule has 2 amide bonds. The van der Waals surface area contributed by atoms with E-state index in [4.69, 9.17) is 4.74 Å². The number of hydrogen-bond acceptors (Lipinski definition) is 4. The fraction of sp³-hybridized carbons (Fsp3) is 0.450. The number of ether oxygens (including phenoxy) is 1. The van der Waals surface area contributed by atoms with E-state index in [9.17, 15) is 9.59 Å². The second kappa shape index (κ2) is 9.21. The number of hydrogen-bond donors (Lipinski definition) is 2. The highest BCUT2D eigenvalue weighted by atomic mass is 16.5. The molecule has 1 aromatic carbocycles. The van der Waals surface area contributed by atoms with Gasteiger partial charge in [-0.2, -0.15) is 5.10 Å². The number of nitrogens with zero attached hydrogens (tertiary/aromatic N) is 2. The fourth-order valence-electron chi connectivity index (χ4n) is 3.46. The number of benzene rings is 1. The van der Waals surface area contributed by atoms with Gasteiger partial charge < -0.3 is 15.4 Å². The molecule has 0 spiro atoms. The zero-order chi connectivity index (χ0) is 19.1. The van der Waals surface area contributed by atoms with Gasteiger partial charge in [-0.05, 0) is 49.6 Å². The average molecular weight is 370 g/mol. The van der Waals surface area contributed by atoms with Crippen LogP contribution >= 0.6 is 0 Å². The predicted molar refractivity (Wildman–Crippen MR) is 101 cm³/mol. The van der Waals surface area contributed by atoms with Crippen molar-refractivity contribution in [2.45, 2.75) is 38.3 Å². The first-order valence-corrected chi connectivity index (χ1v) is 9.37. The molecule has 7 heteroatoms. The van der Waals surface area contributed by atoms with Gasteiger partial charge in [0.25, 0.3) is 5.91 Å². The van der Waals surface area contributed by atoms with Crippen molar-refractivity contribution in [2.24, 2.45) is 5.92 Å². The lowest BCUT2D eigenvalue weighted by molar-refractivity contribution is -0.125. The van der Waals surface area contributed by atoms with E-state index in [2.05, 4.69) is 15.7 Å². The Labute approximate surface area is 159 Å². The fourth-order valence-corrected chi connectivity index (χ4v) is 3.46. The van der Waals surface area contributed by atoms with Crippen LogP contribution in [0.25, 0.3) is 0 Å². The Balaban J connectivity index is 1.46. The number of aryl methyl sites for hydroxylation is 1. The molecule has 0 radical (unpaired) electrons. The summed E-state index contributed by atoms with van der Waals surface area (Å²) < 4.78 is 6.96. The van der Waals surface area contributed by atoms with Crippen LogP contribution in [0.4, 0.5) is 0 Å². The first kappa shape index (κ1) is 18.9. The highest BCUT2D eigenvalue weighted by molar-refractivity contribution is 5.95. The van der Waals surface area contributed by atoms with Gasteiger partial charge in [-0.3, -0.25) is 14.3 Å². The SMILES string of the molecule is COc1ccc(C(=O)N[C@@H]2CCC[C@@H]2C(=O)NCCCn2cccn2)cc1. The highest BCUT2D eigenvalue weighted by Gasteiger charge is 2.33. The summed E-state index contributed by atoms with van der Waals surface area (Å²) in [4.78, 5) is 25.0. The van der Waals surface area contributed by atoms with E-state index < -0.39 is 0 Å². The van der Waals surface area contributed by atoms with E-state index in [-0.39, 0.29) is 23.8 Å². The van der Waals surface area contributed by atoms with Crippen LogP contribution in [0.2, 0.25) is 0 Å². The minimum absolute atomic E-state index is 0.0213. The smallest absolute Gasteiger partial charge is 0.251 e. The molecule has 2 aromatic rings. The molecule has 2 atom stereocenters. The number of rotatable bonds is 8. The molecule has 27 heavy (non-hydrogen) atoms. The van der Waals surface area contributed by atoms with E-state index in [0.29, 0.717) is 17.9 Å². The normalized spacial score (nSPS) is 18.9. The van der Waals surface area contributed by atoms with Crippen molar-refractivity contribution in [3.8, 4) is 5.75 Å². The molecule has 1 aromatic heterocycles. The lowest BCUT2D eigenvalue weighted by atomic mass is 10.0. The Morgan fingerprint density at radius 1 is 1.26 bits per heavy atom. The molecule has 1 heterocycles. The Hall–Kier alpha value is -2.83. The Morgan fingerprint density at radius 2 is 2.07 bits per heavy atom.